The number of carbonyl (C=O) groups excluding carboxylic acids is 1. The van der Waals surface area contributed by atoms with E-state index in [0.717, 1.165) is 16.2 Å². The largest absolute Gasteiger partial charge is 0.319 e. The quantitative estimate of drug-likeness (QED) is 0.434. The standard InChI is InChI=1S/C20H14BrClFNOS/c21-15-5-10-19(18(23)11-15)24-20(25)14-3-1-13(2-4-14)12-26-17-8-6-16(22)7-9-17/h1-11H,12H2,(H,24,25). The minimum absolute atomic E-state index is 0.153. The molecular weight excluding hydrogens is 437 g/mol. The molecule has 132 valence electrons. The number of rotatable bonds is 5. The van der Waals surface area contributed by atoms with Gasteiger partial charge in [0.1, 0.15) is 5.82 Å². The predicted octanol–water partition coefficient (Wildman–Crippen LogP) is 6.79. The van der Waals surface area contributed by atoms with Gasteiger partial charge in [-0.05, 0) is 60.2 Å². The molecule has 0 bridgehead atoms. The summed E-state index contributed by atoms with van der Waals surface area (Å²) in [6.07, 6.45) is 0. The predicted molar refractivity (Wildman–Crippen MR) is 110 cm³/mol. The molecule has 0 unspecified atom stereocenters. The normalized spacial score (nSPS) is 10.6. The number of amides is 1. The molecule has 1 N–H and O–H groups in total. The molecule has 0 aliphatic rings. The van der Waals surface area contributed by atoms with Crippen LogP contribution in [0, 0.1) is 5.82 Å². The zero-order valence-electron chi connectivity index (χ0n) is 13.5. The summed E-state index contributed by atoms with van der Waals surface area (Å²) >= 11 is 10.8. The topological polar surface area (TPSA) is 29.1 Å². The van der Waals surface area contributed by atoms with Crippen molar-refractivity contribution < 1.29 is 9.18 Å². The monoisotopic (exact) mass is 449 g/mol. The Hall–Kier alpha value is -1.82. The van der Waals surface area contributed by atoms with E-state index in [-0.39, 0.29) is 11.6 Å². The van der Waals surface area contributed by atoms with Crippen LogP contribution in [0.4, 0.5) is 10.1 Å². The van der Waals surface area contributed by atoms with Crippen LogP contribution < -0.4 is 5.32 Å². The summed E-state index contributed by atoms with van der Waals surface area (Å²) in [5, 5.41) is 3.30. The highest BCUT2D eigenvalue weighted by Gasteiger charge is 2.10. The van der Waals surface area contributed by atoms with Gasteiger partial charge >= 0.3 is 0 Å². The molecule has 3 aromatic rings. The Labute approximate surface area is 168 Å². The van der Waals surface area contributed by atoms with Gasteiger partial charge in [0.2, 0.25) is 0 Å². The highest BCUT2D eigenvalue weighted by Crippen LogP contribution is 2.25. The van der Waals surface area contributed by atoms with Gasteiger partial charge in [-0.2, -0.15) is 0 Å². The SMILES string of the molecule is O=C(Nc1ccc(Br)cc1F)c1ccc(CSc2ccc(Cl)cc2)cc1. The number of thioether (sulfide) groups is 1. The molecule has 0 saturated heterocycles. The second-order valence-electron chi connectivity index (χ2n) is 5.52. The zero-order valence-corrected chi connectivity index (χ0v) is 16.7. The van der Waals surface area contributed by atoms with Crippen molar-refractivity contribution in [2.45, 2.75) is 10.6 Å². The van der Waals surface area contributed by atoms with E-state index in [1.165, 1.54) is 12.1 Å². The van der Waals surface area contributed by atoms with Crippen LogP contribution in [0.2, 0.25) is 5.02 Å². The third kappa shape index (κ3) is 5.10. The van der Waals surface area contributed by atoms with Crippen molar-refractivity contribution in [3.05, 3.63) is 93.2 Å². The maximum absolute atomic E-state index is 13.8. The third-order valence-electron chi connectivity index (χ3n) is 3.61. The van der Waals surface area contributed by atoms with Crippen LogP contribution >= 0.6 is 39.3 Å². The minimum Gasteiger partial charge on any atom is -0.319 e. The van der Waals surface area contributed by atoms with E-state index >= 15 is 0 Å². The lowest BCUT2D eigenvalue weighted by Gasteiger charge is -2.08. The summed E-state index contributed by atoms with van der Waals surface area (Å²) in [4.78, 5) is 13.4. The number of anilines is 1. The maximum Gasteiger partial charge on any atom is 0.255 e. The van der Waals surface area contributed by atoms with Gasteiger partial charge in [-0.1, -0.05) is 39.7 Å². The first-order valence-corrected chi connectivity index (χ1v) is 9.90. The molecule has 0 aliphatic carbocycles. The van der Waals surface area contributed by atoms with Crippen molar-refractivity contribution in [3.8, 4) is 0 Å². The zero-order chi connectivity index (χ0) is 18.5. The van der Waals surface area contributed by atoms with E-state index in [0.29, 0.717) is 15.1 Å². The van der Waals surface area contributed by atoms with Crippen LogP contribution in [-0.4, -0.2) is 5.91 Å². The highest BCUT2D eigenvalue weighted by atomic mass is 79.9. The summed E-state index contributed by atoms with van der Waals surface area (Å²) in [5.74, 6) is -0.0444. The van der Waals surface area contributed by atoms with Gasteiger partial charge in [0.25, 0.3) is 5.91 Å². The molecule has 0 spiro atoms. The summed E-state index contributed by atoms with van der Waals surface area (Å²) in [6, 6.07) is 19.5. The van der Waals surface area contributed by atoms with Crippen LogP contribution in [0.3, 0.4) is 0 Å². The Morgan fingerprint density at radius 3 is 2.38 bits per heavy atom. The van der Waals surface area contributed by atoms with Crippen LogP contribution in [0.5, 0.6) is 0 Å². The fraction of sp³-hybridized carbons (Fsp3) is 0.0500. The van der Waals surface area contributed by atoms with Crippen LogP contribution in [0.25, 0.3) is 0 Å². The molecule has 0 aliphatic heterocycles. The lowest BCUT2D eigenvalue weighted by molar-refractivity contribution is 0.102. The maximum atomic E-state index is 13.8. The van der Waals surface area contributed by atoms with Crippen molar-refractivity contribution in [1.82, 2.24) is 0 Å². The van der Waals surface area contributed by atoms with Gasteiger partial charge in [-0.3, -0.25) is 4.79 Å². The van der Waals surface area contributed by atoms with E-state index in [1.54, 1.807) is 30.0 Å². The molecular formula is C20H14BrClFNOS. The molecule has 2 nitrogen and oxygen atoms in total. The summed E-state index contributed by atoms with van der Waals surface area (Å²) in [5.41, 5.74) is 1.73. The van der Waals surface area contributed by atoms with Gasteiger partial charge in [0.15, 0.2) is 0 Å². The van der Waals surface area contributed by atoms with Gasteiger partial charge in [-0.25, -0.2) is 4.39 Å². The summed E-state index contributed by atoms with van der Waals surface area (Å²) in [6.45, 7) is 0. The van der Waals surface area contributed by atoms with Crippen molar-refractivity contribution >= 4 is 50.9 Å². The average molecular weight is 451 g/mol. The number of halogens is 3. The third-order valence-corrected chi connectivity index (χ3v) is 5.44. The number of hydrogen-bond acceptors (Lipinski definition) is 2. The number of hydrogen-bond donors (Lipinski definition) is 1. The lowest BCUT2D eigenvalue weighted by Crippen LogP contribution is -2.12. The molecule has 1 amide bonds. The van der Waals surface area contributed by atoms with Crippen molar-refractivity contribution in [3.63, 3.8) is 0 Å². The second-order valence-corrected chi connectivity index (χ2v) is 7.92. The van der Waals surface area contributed by atoms with E-state index in [4.69, 9.17) is 11.6 Å². The Balaban J connectivity index is 1.61. The molecule has 0 radical (unpaired) electrons. The Bertz CT molecular complexity index is 916. The smallest absolute Gasteiger partial charge is 0.255 e. The Kier molecular flexibility index (Phi) is 6.35. The van der Waals surface area contributed by atoms with E-state index in [2.05, 4.69) is 21.2 Å². The Morgan fingerprint density at radius 2 is 1.73 bits per heavy atom. The van der Waals surface area contributed by atoms with Crippen LogP contribution in [0.15, 0.2) is 76.1 Å². The van der Waals surface area contributed by atoms with E-state index in [1.807, 2.05) is 36.4 Å². The number of carbonyl (C=O) groups is 1. The lowest BCUT2D eigenvalue weighted by atomic mass is 10.1. The Morgan fingerprint density at radius 1 is 1.04 bits per heavy atom. The van der Waals surface area contributed by atoms with Gasteiger partial charge in [-0.15, -0.1) is 11.8 Å². The molecule has 0 atom stereocenters. The molecule has 3 aromatic carbocycles. The van der Waals surface area contributed by atoms with Crippen molar-refractivity contribution in [2.24, 2.45) is 0 Å². The highest BCUT2D eigenvalue weighted by molar-refractivity contribution is 9.10. The molecule has 0 heterocycles. The minimum atomic E-state index is -0.483. The number of benzene rings is 3. The molecule has 0 aromatic heterocycles. The first-order valence-electron chi connectivity index (χ1n) is 7.75. The first-order chi connectivity index (χ1) is 12.5. The van der Waals surface area contributed by atoms with E-state index in [9.17, 15) is 9.18 Å². The summed E-state index contributed by atoms with van der Waals surface area (Å²) in [7, 11) is 0. The van der Waals surface area contributed by atoms with E-state index < -0.39 is 5.82 Å². The molecule has 6 heteroatoms. The van der Waals surface area contributed by atoms with Gasteiger partial charge in [0, 0.05) is 25.7 Å². The van der Waals surface area contributed by atoms with Gasteiger partial charge < -0.3 is 5.32 Å². The fourth-order valence-corrected chi connectivity index (χ4v) is 3.55. The molecule has 3 rings (SSSR count). The van der Waals surface area contributed by atoms with Crippen LogP contribution in [0.1, 0.15) is 15.9 Å². The van der Waals surface area contributed by atoms with Crippen molar-refractivity contribution in [1.29, 1.82) is 0 Å². The fourth-order valence-electron chi connectivity index (χ4n) is 2.24. The van der Waals surface area contributed by atoms with Crippen molar-refractivity contribution in [2.75, 3.05) is 5.32 Å². The molecule has 0 saturated carbocycles. The first kappa shape index (κ1) is 19.0. The van der Waals surface area contributed by atoms with Crippen LogP contribution in [-0.2, 0) is 5.75 Å². The average Bonchev–Trinajstić information content (AvgIpc) is 2.64. The number of nitrogens with one attached hydrogen (secondary N) is 1. The summed E-state index contributed by atoms with van der Waals surface area (Å²) < 4.78 is 14.4. The second kappa shape index (κ2) is 8.71. The van der Waals surface area contributed by atoms with Gasteiger partial charge in [0.05, 0.1) is 5.69 Å². The molecule has 26 heavy (non-hydrogen) atoms. The molecule has 0 fully saturated rings.